The van der Waals surface area contributed by atoms with Crippen LogP contribution in [0.3, 0.4) is 0 Å². The predicted molar refractivity (Wildman–Crippen MR) is 57.5 cm³/mol. The minimum absolute atomic E-state index is 0.0153. The van der Waals surface area contributed by atoms with Crippen molar-refractivity contribution in [3.63, 3.8) is 0 Å². The third-order valence-electron chi connectivity index (χ3n) is 2.03. The summed E-state index contributed by atoms with van der Waals surface area (Å²) >= 11 is 1.65. The molecule has 2 N–H and O–H groups in total. The van der Waals surface area contributed by atoms with Gasteiger partial charge in [0, 0.05) is 12.5 Å². The van der Waals surface area contributed by atoms with E-state index in [1.165, 1.54) is 0 Å². The van der Waals surface area contributed by atoms with Crippen LogP contribution >= 0.6 is 11.3 Å². The Kier molecular flexibility index (Phi) is 2.52. The molecule has 0 amide bonds. The van der Waals surface area contributed by atoms with Crippen molar-refractivity contribution in [1.82, 2.24) is 14.6 Å². The van der Waals surface area contributed by atoms with Gasteiger partial charge in [-0.3, -0.25) is 0 Å². The first-order chi connectivity index (χ1) is 6.70. The molecule has 0 aliphatic heterocycles. The smallest absolute Gasteiger partial charge is 0.212 e. The van der Waals surface area contributed by atoms with Gasteiger partial charge in [0.2, 0.25) is 4.96 Å². The Morgan fingerprint density at radius 3 is 3.00 bits per heavy atom. The first-order valence-electron chi connectivity index (χ1n) is 4.81. The third-order valence-corrected chi connectivity index (χ3v) is 3.02. The van der Waals surface area contributed by atoms with Gasteiger partial charge in [0.15, 0.2) is 0 Å². The maximum Gasteiger partial charge on any atom is 0.212 e. The summed E-state index contributed by atoms with van der Waals surface area (Å²) in [5.74, 6) is 0. The van der Waals surface area contributed by atoms with Crippen LogP contribution in [-0.2, 0) is 6.42 Å². The molecule has 0 saturated carbocycles. The lowest BCUT2D eigenvalue weighted by molar-refractivity contribution is 0.784. The van der Waals surface area contributed by atoms with Gasteiger partial charge in [-0.2, -0.15) is 5.10 Å². The number of nitrogens with zero attached hydrogens (tertiary/aromatic N) is 3. The maximum absolute atomic E-state index is 5.73. The van der Waals surface area contributed by atoms with Crippen LogP contribution in [0.1, 0.15) is 37.0 Å². The van der Waals surface area contributed by atoms with Crippen LogP contribution in [0.25, 0.3) is 4.96 Å². The third kappa shape index (κ3) is 1.65. The Labute approximate surface area is 86.8 Å². The molecule has 4 nitrogen and oxygen atoms in total. The number of hydrogen-bond donors (Lipinski definition) is 1. The summed E-state index contributed by atoms with van der Waals surface area (Å²) < 4.78 is 1.83. The monoisotopic (exact) mass is 210 g/mol. The molecule has 0 radical (unpaired) electrons. The van der Waals surface area contributed by atoms with Crippen LogP contribution in [0, 0.1) is 0 Å². The summed E-state index contributed by atoms with van der Waals surface area (Å²) in [5.41, 5.74) is 6.64. The van der Waals surface area contributed by atoms with Crippen LogP contribution in [0.2, 0.25) is 0 Å². The van der Waals surface area contributed by atoms with Crippen molar-refractivity contribution in [3.8, 4) is 0 Å². The molecule has 0 aliphatic carbocycles. The molecule has 2 rings (SSSR count). The molecule has 0 bridgehead atoms. The van der Waals surface area contributed by atoms with Crippen LogP contribution < -0.4 is 5.73 Å². The first kappa shape index (κ1) is 9.61. The minimum Gasteiger partial charge on any atom is -0.323 e. The Morgan fingerprint density at radius 1 is 1.64 bits per heavy atom. The number of aryl methyl sites for hydroxylation is 1. The van der Waals surface area contributed by atoms with Crippen molar-refractivity contribution < 1.29 is 0 Å². The normalized spacial score (nSPS) is 13.6. The zero-order valence-electron chi connectivity index (χ0n) is 8.40. The van der Waals surface area contributed by atoms with Gasteiger partial charge in [-0.05, 0) is 13.3 Å². The van der Waals surface area contributed by atoms with Gasteiger partial charge in [0.05, 0.1) is 11.9 Å². The van der Waals surface area contributed by atoms with Crippen molar-refractivity contribution in [2.45, 2.75) is 32.7 Å². The second-order valence-corrected chi connectivity index (χ2v) is 4.47. The van der Waals surface area contributed by atoms with Crippen LogP contribution in [0.5, 0.6) is 0 Å². The largest absolute Gasteiger partial charge is 0.323 e. The van der Waals surface area contributed by atoms with Crippen LogP contribution in [0.4, 0.5) is 0 Å². The van der Waals surface area contributed by atoms with E-state index in [1.807, 2.05) is 17.6 Å². The lowest BCUT2D eigenvalue weighted by Gasteiger charge is -1.96. The number of rotatable bonds is 3. The molecule has 1 unspecified atom stereocenters. The summed E-state index contributed by atoms with van der Waals surface area (Å²) in [5, 5.41) is 5.57. The molecular weight excluding hydrogens is 196 g/mol. The molecule has 76 valence electrons. The summed E-state index contributed by atoms with van der Waals surface area (Å²) in [4.78, 5) is 5.35. The molecule has 0 spiro atoms. The zero-order chi connectivity index (χ0) is 10.1. The molecule has 2 aromatic rings. The molecule has 2 heterocycles. The van der Waals surface area contributed by atoms with E-state index in [1.54, 1.807) is 11.3 Å². The molecule has 2 aromatic heterocycles. The van der Waals surface area contributed by atoms with Gasteiger partial charge < -0.3 is 5.73 Å². The summed E-state index contributed by atoms with van der Waals surface area (Å²) in [6.07, 6.45) is 4.06. The number of nitrogens with two attached hydrogens (primary N) is 1. The molecular formula is C9H14N4S. The van der Waals surface area contributed by atoms with E-state index in [2.05, 4.69) is 17.0 Å². The van der Waals surface area contributed by atoms with Gasteiger partial charge in [-0.15, -0.1) is 0 Å². The predicted octanol–water partition coefficient (Wildman–Crippen LogP) is 1.76. The van der Waals surface area contributed by atoms with Gasteiger partial charge >= 0.3 is 0 Å². The summed E-state index contributed by atoms with van der Waals surface area (Å²) in [6, 6.07) is -0.0153. The molecule has 5 heteroatoms. The highest BCUT2D eigenvalue weighted by Gasteiger charge is 2.09. The van der Waals surface area contributed by atoms with Crippen molar-refractivity contribution in [1.29, 1.82) is 0 Å². The van der Waals surface area contributed by atoms with Crippen LogP contribution in [-0.4, -0.2) is 14.6 Å². The second kappa shape index (κ2) is 3.67. The Hall–Kier alpha value is -0.940. The van der Waals surface area contributed by atoms with Gasteiger partial charge in [-0.25, -0.2) is 9.50 Å². The fourth-order valence-corrected chi connectivity index (χ4v) is 2.28. The van der Waals surface area contributed by atoms with E-state index in [0.29, 0.717) is 0 Å². The maximum atomic E-state index is 5.73. The lowest BCUT2D eigenvalue weighted by atomic mass is 10.3. The van der Waals surface area contributed by atoms with Crippen LogP contribution in [0.15, 0.2) is 6.20 Å². The van der Waals surface area contributed by atoms with Crippen molar-refractivity contribution in [2.75, 3.05) is 0 Å². The number of aromatic nitrogens is 3. The molecule has 14 heavy (non-hydrogen) atoms. The second-order valence-electron chi connectivity index (χ2n) is 3.43. The number of fused-ring (bicyclic) bond motifs is 1. The molecule has 0 aromatic carbocycles. The van der Waals surface area contributed by atoms with E-state index in [0.717, 1.165) is 28.5 Å². The van der Waals surface area contributed by atoms with E-state index in [9.17, 15) is 0 Å². The highest BCUT2D eigenvalue weighted by atomic mass is 32.1. The molecule has 0 fully saturated rings. The van der Waals surface area contributed by atoms with E-state index >= 15 is 0 Å². The SMILES string of the molecule is CCCc1nn2cc(C(C)N)nc2s1. The molecule has 1 atom stereocenters. The average Bonchev–Trinajstić information content (AvgIpc) is 2.61. The number of imidazole rings is 1. The zero-order valence-corrected chi connectivity index (χ0v) is 9.21. The van der Waals surface area contributed by atoms with E-state index in [4.69, 9.17) is 5.73 Å². The van der Waals surface area contributed by atoms with E-state index < -0.39 is 0 Å². The highest BCUT2D eigenvalue weighted by Crippen LogP contribution is 2.18. The topological polar surface area (TPSA) is 56.2 Å². The van der Waals surface area contributed by atoms with E-state index in [-0.39, 0.29) is 6.04 Å². The number of hydrogen-bond acceptors (Lipinski definition) is 4. The molecule has 0 aliphatic rings. The Morgan fingerprint density at radius 2 is 2.43 bits per heavy atom. The Bertz CT molecular complexity index is 397. The van der Waals surface area contributed by atoms with Gasteiger partial charge in [-0.1, -0.05) is 18.3 Å². The fourth-order valence-electron chi connectivity index (χ4n) is 1.29. The first-order valence-corrected chi connectivity index (χ1v) is 5.63. The van der Waals surface area contributed by atoms with Gasteiger partial charge in [0.1, 0.15) is 5.01 Å². The summed E-state index contributed by atoms with van der Waals surface area (Å²) in [6.45, 7) is 4.08. The Balaban J connectivity index is 2.35. The quantitative estimate of drug-likeness (QED) is 0.840. The van der Waals surface area contributed by atoms with Gasteiger partial charge in [0.25, 0.3) is 0 Å². The highest BCUT2D eigenvalue weighted by molar-refractivity contribution is 7.16. The van der Waals surface area contributed by atoms with Crippen molar-refractivity contribution in [2.24, 2.45) is 5.73 Å². The van der Waals surface area contributed by atoms with Crippen molar-refractivity contribution in [3.05, 3.63) is 16.9 Å². The average molecular weight is 210 g/mol. The fraction of sp³-hybridized carbons (Fsp3) is 0.556. The minimum atomic E-state index is -0.0153. The standard InChI is InChI=1S/C9H14N4S/c1-3-4-8-12-13-5-7(6(2)10)11-9(13)14-8/h5-6H,3-4,10H2,1-2H3. The summed E-state index contributed by atoms with van der Waals surface area (Å²) in [7, 11) is 0. The van der Waals surface area contributed by atoms with Crippen molar-refractivity contribution >= 4 is 16.3 Å². The molecule has 0 saturated heterocycles. The lowest BCUT2D eigenvalue weighted by Crippen LogP contribution is -2.04.